The monoisotopic (exact) mass is 534 g/mol. The molecule has 3 aromatic heterocycles. The summed E-state index contributed by atoms with van der Waals surface area (Å²) in [6, 6.07) is 13.6. The number of fused-ring (bicyclic) bond motifs is 1. The summed E-state index contributed by atoms with van der Waals surface area (Å²) in [7, 11) is 1.33. The number of methoxy groups -OCH3 is 1. The number of thiazole rings is 1. The molecule has 1 aliphatic heterocycles. The Hall–Kier alpha value is -4.02. The highest BCUT2D eigenvalue weighted by atomic mass is 32.1. The number of thiophene rings is 1. The molecule has 0 fully saturated rings. The zero-order valence-corrected chi connectivity index (χ0v) is 21.9. The molecule has 4 heterocycles. The van der Waals surface area contributed by atoms with Gasteiger partial charge in [-0.05, 0) is 49.6 Å². The lowest BCUT2D eigenvalue weighted by atomic mass is 10.0. The highest BCUT2D eigenvalue weighted by Crippen LogP contribution is 2.33. The van der Waals surface area contributed by atoms with Gasteiger partial charge >= 0.3 is 11.9 Å². The zero-order valence-electron chi connectivity index (χ0n) is 20.2. The van der Waals surface area contributed by atoms with E-state index in [0.29, 0.717) is 43.3 Å². The van der Waals surface area contributed by atoms with E-state index in [1.807, 2.05) is 23.6 Å². The lowest BCUT2D eigenvalue weighted by Crippen LogP contribution is -2.39. The topological polar surface area (TPSA) is 100 Å². The molecule has 0 radical (unpaired) electrons. The van der Waals surface area contributed by atoms with Gasteiger partial charge in [0.25, 0.3) is 5.56 Å². The molecule has 0 saturated heterocycles. The second kappa shape index (κ2) is 10.2. The minimum atomic E-state index is -0.620. The summed E-state index contributed by atoms with van der Waals surface area (Å²) in [5, 5.41) is 1.91. The summed E-state index contributed by atoms with van der Waals surface area (Å²) in [6.45, 7) is 3.72. The largest absolute Gasteiger partial charge is 0.465 e. The van der Waals surface area contributed by atoms with E-state index >= 15 is 0 Å². The maximum absolute atomic E-state index is 13.6. The van der Waals surface area contributed by atoms with Crippen molar-refractivity contribution >= 4 is 40.7 Å². The molecule has 10 heteroatoms. The Balaban J connectivity index is 1.58. The summed E-state index contributed by atoms with van der Waals surface area (Å²) in [4.78, 5) is 44.3. The van der Waals surface area contributed by atoms with Crippen molar-refractivity contribution < 1.29 is 23.5 Å². The molecule has 8 nitrogen and oxygen atoms in total. The van der Waals surface area contributed by atoms with Gasteiger partial charge in [0.2, 0.25) is 0 Å². The molecule has 0 unspecified atom stereocenters. The van der Waals surface area contributed by atoms with Crippen LogP contribution in [0.25, 0.3) is 17.4 Å². The van der Waals surface area contributed by atoms with Crippen molar-refractivity contribution in [2.45, 2.75) is 19.9 Å². The normalized spacial score (nSPS) is 15.3. The van der Waals surface area contributed by atoms with E-state index in [-0.39, 0.29) is 12.2 Å². The van der Waals surface area contributed by atoms with Gasteiger partial charge in [-0.2, -0.15) is 0 Å². The molecular formula is C27H22N2O6S2. The van der Waals surface area contributed by atoms with Crippen molar-refractivity contribution in [1.82, 2.24) is 4.57 Å². The molecular weight excluding hydrogens is 512 g/mol. The first-order valence-electron chi connectivity index (χ1n) is 11.4. The summed E-state index contributed by atoms with van der Waals surface area (Å²) in [6.07, 6.45) is 1.66. The van der Waals surface area contributed by atoms with Gasteiger partial charge in [0.15, 0.2) is 4.80 Å². The summed E-state index contributed by atoms with van der Waals surface area (Å²) in [5.41, 5.74) is 1.72. The Morgan fingerprint density at radius 1 is 1.16 bits per heavy atom. The van der Waals surface area contributed by atoms with Crippen molar-refractivity contribution in [1.29, 1.82) is 0 Å². The van der Waals surface area contributed by atoms with Crippen LogP contribution in [0.1, 0.15) is 40.9 Å². The molecule has 0 amide bonds. The smallest absolute Gasteiger partial charge is 0.338 e. The Bertz CT molecular complexity index is 1710. The van der Waals surface area contributed by atoms with Crippen LogP contribution in [0.2, 0.25) is 0 Å². The van der Waals surface area contributed by atoms with Crippen LogP contribution in [0.3, 0.4) is 0 Å². The number of furan rings is 1. The maximum atomic E-state index is 13.6. The molecule has 0 aliphatic carbocycles. The standard InChI is InChI=1S/C27H22N2O6S2/c1-4-34-26(32)22-15(2)28-27-29(23(22)20-9-6-12-36-20)24(30)21(37-27)14-18-10-11-19(35-18)16-7-5-8-17(13-16)25(31)33-3/h5-14,23H,4H2,1-3H3/b21-14-/t23-/m1/s1. The fourth-order valence-electron chi connectivity index (χ4n) is 4.14. The van der Waals surface area contributed by atoms with E-state index in [9.17, 15) is 14.4 Å². The van der Waals surface area contributed by atoms with Crippen LogP contribution in [-0.2, 0) is 14.3 Å². The van der Waals surface area contributed by atoms with Crippen molar-refractivity contribution in [3.63, 3.8) is 0 Å². The summed E-state index contributed by atoms with van der Waals surface area (Å²) < 4.78 is 18.0. The predicted molar refractivity (Wildman–Crippen MR) is 140 cm³/mol. The van der Waals surface area contributed by atoms with Crippen LogP contribution in [0.15, 0.2) is 79.4 Å². The van der Waals surface area contributed by atoms with Gasteiger partial charge in [-0.1, -0.05) is 29.5 Å². The minimum Gasteiger partial charge on any atom is -0.465 e. The molecule has 4 aromatic rings. The first-order chi connectivity index (χ1) is 17.9. The lowest BCUT2D eigenvalue weighted by molar-refractivity contribution is -0.139. The second-order valence-corrected chi connectivity index (χ2v) is 10.1. The predicted octanol–water partition coefficient (Wildman–Crippen LogP) is 3.91. The average Bonchev–Trinajstić information content (AvgIpc) is 3.65. The molecule has 37 heavy (non-hydrogen) atoms. The third kappa shape index (κ3) is 4.61. The first-order valence-corrected chi connectivity index (χ1v) is 13.1. The molecule has 0 saturated carbocycles. The molecule has 5 rings (SSSR count). The van der Waals surface area contributed by atoms with Crippen LogP contribution in [0.5, 0.6) is 0 Å². The zero-order chi connectivity index (χ0) is 26.1. The minimum absolute atomic E-state index is 0.223. The summed E-state index contributed by atoms with van der Waals surface area (Å²) in [5.74, 6) is 0.0910. The number of ether oxygens (including phenoxy) is 2. The van der Waals surface area contributed by atoms with Gasteiger partial charge in [-0.3, -0.25) is 9.36 Å². The number of carbonyl (C=O) groups excluding carboxylic acids is 2. The van der Waals surface area contributed by atoms with Crippen molar-refractivity contribution in [2.24, 2.45) is 4.99 Å². The van der Waals surface area contributed by atoms with Gasteiger partial charge < -0.3 is 13.9 Å². The van der Waals surface area contributed by atoms with Crippen LogP contribution >= 0.6 is 22.7 Å². The lowest BCUT2D eigenvalue weighted by Gasteiger charge is -2.23. The van der Waals surface area contributed by atoms with E-state index in [1.54, 1.807) is 54.8 Å². The van der Waals surface area contributed by atoms with Crippen LogP contribution in [-0.4, -0.2) is 30.2 Å². The van der Waals surface area contributed by atoms with Crippen LogP contribution in [0, 0.1) is 0 Å². The van der Waals surface area contributed by atoms with E-state index in [4.69, 9.17) is 13.9 Å². The maximum Gasteiger partial charge on any atom is 0.338 e. The third-order valence-electron chi connectivity index (χ3n) is 5.80. The van der Waals surface area contributed by atoms with E-state index < -0.39 is 18.0 Å². The Morgan fingerprint density at radius 2 is 2.00 bits per heavy atom. The van der Waals surface area contributed by atoms with Crippen molar-refractivity contribution in [3.05, 3.63) is 101 Å². The number of hydrogen-bond acceptors (Lipinski definition) is 9. The number of rotatable bonds is 6. The van der Waals surface area contributed by atoms with Crippen molar-refractivity contribution in [2.75, 3.05) is 13.7 Å². The highest BCUT2D eigenvalue weighted by Gasteiger charge is 2.33. The van der Waals surface area contributed by atoms with E-state index in [0.717, 1.165) is 4.88 Å². The van der Waals surface area contributed by atoms with E-state index in [1.165, 1.54) is 29.8 Å². The Kier molecular flexibility index (Phi) is 6.77. The van der Waals surface area contributed by atoms with Gasteiger partial charge in [0, 0.05) is 16.5 Å². The fourth-order valence-corrected chi connectivity index (χ4v) is 5.99. The van der Waals surface area contributed by atoms with Gasteiger partial charge in [-0.15, -0.1) is 11.3 Å². The third-order valence-corrected chi connectivity index (χ3v) is 7.71. The first kappa shape index (κ1) is 24.7. The SMILES string of the molecule is CCOC(=O)C1=C(C)N=c2s/c(=C\c3ccc(-c4cccc(C(=O)OC)c4)o3)c(=O)n2[C@@H]1c1cccs1. The number of aromatic nitrogens is 1. The van der Waals surface area contributed by atoms with Gasteiger partial charge in [-0.25, -0.2) is 14.6 Å². The molecule has 188 valence electrons. The molecule has 0 N–H and O–H groups in total. The average molecular weight is 535 g/mol. The quantitative estimate of drug-likeness (QED) is 0.348. The van der Waals surface area contributed by atoms with Crippen molar-refractivity contribution in [3.8, 4) is 11.3 Å². The van der Waals surface area contributed by atoms with Gasteiger partial charge in [0.1, 0.15) is 17.6 Å². The van der Waals surface area contributed by atoms with E-state index in [2.05, 4.69) is 4.99 Å². The molecule has 0 spiro atoms. The number of allylic oxidation sites excluding steroid dienone is 1. The van der Waals surface area contributed by atoms with Gasteiger partial charge in [0.05, 0.1) is 35.1 Å². The number of esters is 2. The number of hydrogen-bond donors (Lipinski definition) is 0. The molecule has 1 aliphatic rings. The number of nitrogens with zero attached hydrogens (tertiary/aromatic N) is 2. The fraction of sp³-hybridized carbons (Fsp3) is 0.185. The molecule has 0 bridgehead atoms. The molecule has 1 aromatic carbocycles. The van der Waals surface area contributed by atoms with Crippen LogP contribution in [0.4, 0.5) is 0 Å². The number of benzene rings is 1. The Labute approximate surface area is 219 Å². The summed E-state index contributed by atoms with van der Waals surface area (Å²) >= 11 is 2.69. The highest BCUT2D eigenvalue weighted by molar-refractivity contribution is 7.10. The molecule has 1 atom stereocenters. The number of carbonyl (C=O) groups is 2. The second-order valence-electron chi connectivity index (χ2n) is 8.09. The van der Waals surface area contributed by atoms with Crippen LogP contribution < -0.4 is 14.9 Å². The Morgan fingerprint density at radius 3 is 2.73 bits per heavy atom.